The van der Waals surface area contributed by atoms with Crippen molar-refractivity contribution in [3.63, 3.8) is 0 Å². The molecule has 0 unspecified atom stereocenters. The second-order valence-corrected chi connectivity index (χ2v) is 7.21. The number of carboxylic acids is 1. The summed E-state index contributed by atoms with van der Waals surface area (Å²) < 4.78 is 5.17. The van der Waals surface area contributed by atoms with E-state index in [4.69, 9.17) is 16.3 Å². The number of ether oxygens (including phenoxy) is 1. The summed E-state index contributed by atoms with van der Waals surface area (Å²) in [6.07, 6.45) is -0.316. The molecule has 0 aliphatic heterocycles. The molecule has 0 aliphatic rings. The van der Waals surface area contributed by atoms with E-state index < -0.39 is 23.1 Å². The number of carbonyl (C=O) groups is 2. The summed E-state index contributed by atoms with van der Waals surface area (Å²) in [5.41, 5.74) is -0.379. The number of aliphatic carboxylic acids is 1. The Balaban J connectivity index is 2.91. The van der Waals surface area contributed by atoms with E-state index in [1.54, 1.807) is 52.8 Å². The first kappa shape index (κ1) is 18.3. The molecule has 0 aromatic heterocycles. The van der Waals surface area contributed by atoms with Gasteiger partial charge in [0.25, 0.3) is 0 Å². The van der Waals surface area contributed by atoms with Gasteiger partial charge in [-0.2, -0.15) is 0 Å². The lowest BCUT2D eigenvalue weighted by molar-refractivity contribution is -0.146. The van der Waals surface area contributed by atoms with Crippen LogP contribution in [0.25, 0.3) is 0 Å². The lowest BCUT2D eigenvalue weighted by Crippen LogP contribution is -2.27. The minimum Gasteiger partial charge on any atom is -0.481 e. The monoisotopic (exact) mass is 327 g/mol. The molecule has 1 amide bonds. The number of hydrogen-bond donors (Lipinski definition) is 2. The highest BCUT2D eigenvalue weighted by atomic mass is 35.5. The van der Waals surface area contributed by atoms with Crippen LogP contribution in [-0.2, 0) is 16.0 Å². The summed E-state index contributed by atoms with van der Waals surface area (Å²) in [6.45, 7) is 8.57. The van der Waals surface area contributed by atoms with E-state index >= 15 is 0 Å². The van der Waals surface area contributed by atoms with Crippen molar-refractivity contribution in [1.29, 1.82) is 0 Å². The Morgan fingerprint density at radius 1 is 1.23 bits per heavy atom. The van der Waals surface area contributed by atoms with Crippen molar-refractivity contribution in [2.45, 2.75) is 46.6 Å². The second-order valence-electron chi connectivity index (χ2n) is 6.80. The largest absolute Gasteiger partial charge is 0.481 e. The number of benzene rings is 1. The quantitative estimate of drug-likeness (QED) is 0.862. The maximum atomic E-state index is 11.8. The summed E-state index contributed by atoms with van der Waals surface area (Å²) in [5, 5.41) is 12.3. The van der Waals surface area contributed by atoms with Gasteiger partial charge in [0.1, 0.15) is 5.60 Å². The molecule has 0 radical (unpaired) electrons. The van der Waals surface area contributed by atoms with Gasteiger partial charge in [-0.3, -0.25) is 10.1 Å². The zero-order valence-corrected chi connectivity index (χ0v) is 14.2. The number of carbonyl (C=O) groups excluding carboxylic acids is 1. The highest BCUT2D eigenvalue weighted by Crippen LogP contribution is 2.29. The molecular formula is C16H22ClNO4. The van der Waals surface area contributed by atoms with Crippen LogP contribution in [0.3, 0.4) is 0 Å². The van der Waals surface area contributed by atoms with E-state index in [0.29, 0.717) is 16.3 Å². The molecule has 0 aliphatic carbocycles. The van der Waals surface area contributed by atoms with Crippen LogP contribution in [0.2, 0.25) is 5.02 Å². The Kier molecular flexibility index (Phi) is 5.46. The maximum Gasteiger partial charge on any atom is 0.412 e. The molecule has 122 valence electrons. The molecule has 0 saturated carbocycles. The predicted molar refractivity (Wildman–Crippen MR) is 86.4 cm³/mol. The van der Waals surface area contributed by atoms with Crippen molar-refractivity contribution in [3.05, 3.63) is 28.8 Å². The number of carboxylic acid groups (broad SMARTS) is 1. The minimum atomic E-state index is -0.950. The number of hydrogen-bond acceptors (Lipinski definition) is 3. The van der Waals surface area contributed by atoms with Gasteiger partial charge in [-0.05, 0) is 64.8 Å². The van der Waals surface area contributed by atoms with E-state index in [9.17, 15) is 14.7 Å². The van der Waals surface area contributed by atoms with Gasteiger partial charge in [0, 0.05) is 10.7 Å². The van der Waals surface area contributed by atoms with Crippen molar-refractivity contribution in [2.24, 2.45) is 5.41 Å². The Bertz CT molecular complexity index is 576. The number of amides is 1. The Morgan fingerprint density at radius 2 is 1.82 bits per heavy atom. The predicted octanol–water partition coefficient (Wildman–Crippen LogP) is 4.34. The molecule has 0 heterocycles. The SMILES string of the molecule is CC(C)(C)OC(=O)Nc1ccc(Cl)c(CC(C)(C)C(=O)O)c1. The van der Waals surface area contributed by atoms with Gasteiger partial charge in [-0.15, -0.1) is 0 Å². The molecule has 1 aromatic carbocycles. The number of nitrogens with one attached hydrogen (secondary N) is 1. The first-order valence-electron chi connectivity index (χ1n) is 6.92. The van der Waals surface area contributed by atoms with Gasteiger partial charge in [-0.25, -0.2) is 4.79 Å². The van der Waals surface area contributed by atoms with Gasteiger partial charge in [0.15, 0.2) is 0 Å². The lowest BCUT2D eigenvalue weighted by Gasteiger charge is -2.21. The molecule has 2 N–H and O–H groups in total. The van der Waals surface area contributed by atoms with Crippen molar-refractivity contribution >= 4 is 29.4 Å². The van der Waals surface area contributed by atoms with Gasteiger partial charge in [-0.1, -0.05) is 11.6 Å². The second kappa shape index (κ2) is 6.57. The first-order chi connectivity index (χ1) is 9.90. The van der Waals surface area contributed by atoms with Crippen LogP contribution in [0.1, 0.15) is 40.2 Å². The normalized spacial score (nSPS) is 11.9. The van der Waals surface area contributed by atoms with Crippen molar-refractivity contribution < 1.29 is 19.4 Å². The molecule has 5 nitrogen and oxygen atoms in total. The summed E-state index contributed by atoms with van der Waals surface area (Å²) in [6, 6.07) is 4.93. The molecule has 0 spiro atoms. The fourth-order valence-electron chi connectivity index (χ4n) is 1.76. The van der Waals surface area contributed by atoms with E-state index in [0.717, 1.165) is 0 Å². The van der Waals surface area contributed by atoms with Crippen molar-refractivity contribution in [2.75, 3.05) is 5.32 Å². The zero-order valence-electron chi connectivity index (χ0n) is 13.5. The van der Waals surface area contributed by atoms with Gasteiger partial charge in [0.2, 0.25) is 0 Å². The van der Waals surface area contributed by atoms with E-state index in [-0.39, 0.29) is 6.42 Å². The highest BCUT2D eigenvalue weighted by Gasteiger charge is 2.28. The van der Waals surface area contributed by atoms with E-state index in [2.05, 4.69) is 5.32 Å². The van der Waals surface area contributed by atoms with Crippen LogP contribution in [0.15, 0.2) is 18.2 Å². The molecule has 22 heavy (non-hydrogen) atoms. The van der Waals surface area contributed by atoms with E-state index in [1.807, 2.05) is 0 Å². The Labute approximate surface area is 135 Å². The lowest BCUT2D eigenvalue weighted by atomic mass is 9.86. The van der Waals surface area contributed by atoms with Crippen LogP contribution < -0.4 is 5.32 Å². The molecule has 0 bridgehead atoms. The fraction of sp³-hybridized carbons (Fsp3) is 0.500. The first-order valence-corrected chi connectivity index (χ1v) is 7.30. The summed E-state index contributed by atoms with van der Waals surface area (Å²) in [7, 11) is 0. The molecule has 1 aromatic rings. The molecule has 6 heteroatoms. The molecule has 1 rings (SSSR count). The van der Waals surface area contributed by atoms with Crippen LogP contribution in [0.5, 0.6) is 0 Å². The van der Waals surface area contributed by atoms with Gasteiger partial charge in [0.05, 0.1) is 5.41 Å². The Hall–Kier alpha value is -1.75. The van der Waals surface area contributed by atoms with Gasteiger partial charge < -0.3 is 9.84 Å². The number of rotatable bonds is 4. The molecular weight excluding hydrogens is 306 g/mol. The Morgan fingerprint density at radius 3 is 2.32 bits per heavy atom. The topological polar surface area (TPSA) is 75.6 Å². The van der Waals surface area contributed by atoms with E-state index in [1.165, 1.54) is 0 Å². The zero-order chi connectivity index (χ0) is 17.1. The molecule has 0 saturated heterocycles. The number of halogens is 1. The minimum absolute atomic E-state index is 0.255. The summed E-state index contributed by atoms with van der Waals surface area (Å²) >= 11 is 6.11. The van der Waals surface area contributed by atoms with Crippen LogP contribution >= 0.6 is 11.6 Å². The third-order valence-corrected chi connectivity index (χ3v) is 3.27. The third kappa shape index (κ3) is 5.56. The van der Waals surface area contributed by atoms with Gasteiger partial charge >= 0.3 is 12.1 Å². The smallest absolute Gasteiger partial charge is 0.412 e. The fourth-order valence-corrected chi connectivity index (χ4v) is 1.95. The van der Waals surface area contributed by atoms with Crippen LogP contribution in [-0.4, -0.2) is 22.8 Å². The summed E-state index contributed by atoms with van der Waals surface area (Å²) in [4.78, 5) is 23.0. The van der Waals surface area contributed by atoms with Crippen molar-refractivity contribution in [1.82, 2.24) is 0 Å². The average molecular weight is 328 g/mol. The number of anilines is 1. The van der Waals surface area contributed by atoms with Crippen LogP contribution in [0.4, 0.5) is 10.5 Å². The van der Waals surface area contributed by atoms with Crippen molar-refractivity contribution in [3.8, 4) is 0 Å². The highest BCUT2D eigenvalue weighted by molar-refractivity contribution is 6.31. The van der Waals surface area contributed by atoms with Crippen LogP contribution in [0, 0.1) is 5.41 Å². The molecule has 0 fully saturated rings. The maximum absolute atomic E-state index is 11.8. The standard InChI is InChI=1S/C16H22ClNO4/c1-15(2,3)22-14(21)18-11-6-7-12(17)10(8-11)9-16(4,5)13(19)20/h6-8H,9H2,1-5H3,(H,18,21)(H,19,20). The average Bonchev–Trinajstić information content (AvgIpc) is 2.30. The third-order valence-electron chi connectivity index (χ3n) is 2.90. The molecule has 0 atom stereocenters. The summed E-state index contributed by atoms with van der Waals surface area (Å²) in [5.74, 6) is -0.908.